The van der Waals surface area contributed by atoms with Crippen LogP contribution in [0.5, 0.6) is 0 Å². The van der Waals surface area contributed by atoms with E-state index in [2.05, 4.69) is 0 Å². The number of amides is 1. The fraction of sp³-hybridized carbons (Fsp3) is 0.650. The quantitative estimate of drug-likeness (QED) is 0.720. The van der Waals surface area contributed by atoms with Crippen LogP contribution in [0.3, 0.4) is 0 Å². The lowest BCUT2D eigenvalue weighted by Crippen LogP contribution is -2.51. The first-order valence-electron chi connectivity index (χ1n) is 10.1. The molecular formula is C20H30FN3O3S. The highest BCUT2D eigenvalue weighted by Crippen LogP contribution is 2.24. The number of piperazine rings is 1. The number of nitrogens with zero attached hydrogens (tertiary/aromatic N) is 3. The van der Waals surface area contributed by atoms with Crippen LogP contribution in [0.4, 0.5) is 4.39 Å². The first-order chi connectivity index (χ1) is 13.4. The van der Waals surface area contributed by atoms with Gasteiger partial charge in [0.2, 0.25) is 15.9 Å². The van der Waals surface area contributed by atoms with Gasteiger partial charge in [0, 0.05) is 39.8 Å². The maximum absolute atomic E-state index is 13.1. The number of likely N-dealkylation sites (N-methyl/N-ethyl adjacent to an activating group) is 1. The summed E-state index contributed by atoms with van der Waals surface area (Å²) >= 11 is 0. The van der Waals surface area contributed by atoms with Crippen molar-refractivity contribution in [3.8, 4) is 0 Å². The summed E-state index contributed by atoms with van der Waals surface area (Å²) in [6, 6.07) is 4.90. The summed E-state index contributed by atoms with van der Waals surface area (Å²) in [5.74, 6) is 0.250. The molecule has 1 aromatic carbocycles. The van der Waals surface area contributed by atoms with Gasteiger partial charge in [-0.15, -0.1) is 0 Å². The van der Waals surface area contributed by atoms with Crippen LogP contribution >= 0.6 is 0 Å². The summed E-state index contributed by atoms with van der Waals surface area (Å²) in [4.78, 5) is 16.5. The molecule has 0 atom stereocenters. The van der Waals surface area contributed by atoms with E-state index in [1.54, 1.807) is 0 Å². The van der Waals surface area contributed by atoms with Crippen molar-refractivity contribution >= 4 is 15.9 Å². The molecule has 1 aliphatic carbocycles. The molecule has 1 aromatic rings. The highest BCUT2D eigenvalue weighted by molar-refractivity contribution is 7.89. The van der Waals surface area contributed by atoms with Crippen molar-refractivity contribution in [1.82, 2.24) is 14.1 Å². The van der Waals surface area contributed by atoms with Crippen molar-refractivity contribution in [3.63, 3.8) is 0 Å². The minimum absolute atomic E-state index is 0.0976. The molecule has 2 fully saturated rings. The van der Waals surface area contributed by atoms with Gasteiger partial charge in [-0.25, -0.2) is 12.8 Å². The first kappa shape index (κ1) is 21.2. The van der Waals surface area contributed by atoms with Gasteiger partial charge in [0.05, 0.1) is 11.4 Å². The van der Waals surface area contributed by atoms with Crippen molar-refractivity contribution < 1.29 is 17.6 Å². The van der Waals surface area contributed by atoms with Crippen molar-refractivity contribution in [2.24, 2.45) is 5.92 Å². The molecule has 8 heteroatoms. The molecule has 1 heterocycles. The zero-order chi connectivity index (χ0) is 20.1. The third-order valence-corrected chi connectivity index (χ3v) is 7.74. The van der Waals surface area contributed by atoms with Crippen molar-refractivity contribution in [2.45, 2.75) is 37.0 Å². The van der Waals surface area contributed by atoms with Crippen LogP contribution in [-0.4, -0.2) is 74.7 Å². The minimum atomic E-state index is -3.62. The van der Waals surface area contributed by atoms with Gasteiger partial charge in [0.1, 0.15) is 5.82 Å². The standard InChI is InChI=1S/C20H30FN3O3S/c1-22(15-17-5-3-2-4-6-17)20(25)16-23-11-13-24(14-12-23)28(26,27)19-9-7-18(21)8-10-19/h7-10,17H,2-6,11-16H2,1H3. The van der Waals surface area contributed by atoms with E-state index in [4.69, 9.17) is 0 Å². The Bertz CT molecular complexity index is 755. The van der Waals surface area contributed by atoms with Crippen LogP contribution in [0.15, 0.2) is 29.2 Å². The van der Waals surface area contributed by atoms with Gasteiger partial charge in [-0.05, 0) is 43.0 Å². The van der Waals surface area contributed by atoms with Gasteiger partial charge in [0.25, 0.3) is 0 Å². The molecule has 0 bridgehead atoms. The molecule has 3 rings (SSSR count). The third-order valence-electron chi connectivity index (χ3n) is 5.82. The maximum atomic E-state index is 13.1. The minimum Gasteiger partial charge on any atom is -0.344 e. The van der Waals surface area contributed by atoms with Crippen molar-refractivity contribution in [3.05, 3.63) is 30.1 Å². The normalized spacial score (nSPS) is 20.2. The van der Waals surface area contributed by atoms with Gasteiger partial charge >= 0.3 is 0 Å². The van der Waals surface area contributed by atoms with Crippen LogP contribution in [-0.2, 0) is 14.8 Å². The number of hydrogen-bond donors (Lipinski definition) is 0. The molecule has 0 aromatic heterocycles. The van der Waals surface area contributed by atoms with Crippen molar-refractivity contribution in [1.29, 1.82) is 0 Å². The summed E-state index contributed by atoms with van der Waals surface area (Å²) < 4.78 is 39.8. The first-order valence-corrected chi connectivity index (χ1v) is 11.5. The number of carbonyl (C=O) groups excluding carboxylic acids is 1. The Hall–Kier alpha value is -1.51. The van der Waals surface area contributed by atoms with Crippen LogP contribution in [0, 0.1) is 11.7 Å². The van der Waals surface area contributed by atoms with Crippen LogP contribution < -0.4 is 0 Å². The average Bonchev–Trinajstić information content (AvgIpc) is 2.69. The fourth-order valence-electron chi connectivity index (χ4n) is 4.05. The summed E-state index contributed by atoms with van der Waals surface area (Å²) in [6.07, 6.45) is 6.24. The molecule has 1 saturated carbocycles. The molecule has 0 N–H and O–H groups in total. The molecular weight excluding hydrogens is 381 g/mol. The van der Waals surface area contributed by atoms with Crippen molar-refractivity contribution in [2.75, 3.05) is 46.3 Å². The number of hydrogen-bond acceptors (Lipinski definition) is 4. The van der Waals surface area contributed by atoms with Gasteiger partial charge in [-0.1, -0.05) is 19.3 Å². The Morgan fingerprint density at radius 3 is 2.29 bits per heavy atom. The SMILES string of the molecule is CN(CC1CCCCC1)C(=O)CN1CCN(S(=O)(=O)c2ccc(F)cc2)CC1. The summed E-state index contributed by atoms with van der Waals surface area (Å²) in [7, 11) is -1.75. The molecule has 6 nitrogen and oxygen atoms in total. The van der Waals surface area contributed by atoms with E-state index < -0.39 is 15.8 Å². The monoisotopic (exact) mass is 411 g/mol. The van der Waals surface area contributed by atoms with Gasteiger partial charge in [0.15, 0.2) is 0 Å². The van der Waals surface area contributed by atoms with E-state index >= 15 is 0 Å². The number of rotatable bonds is 6. The lowest BCUT2D eigenvalue weighted by Gasteiger charge is -2.35. The Morgan fingerprint density at radius 1 is 1.07 bits per heavy atom. The molecule has 0 radical (unpaired) electrons. The smallest absolute Gasteiger partial charge is 0.243 e. The highest BCUT2D eigenvalue weighted by atomic mass is 32.2. The topological polar surface area (TPSA) is 60.9 Å². The Kier molecular flexibility index (Phi) is 7.06. The average molecular weight is 412 g/mol. The zero-order valence-corrected chi connectivity index (χ0v) is 17.3. The molecule has 156 valence electrons. The number of carbonyl (C=O) groups is 1. The molecule has 1 saturated heterocycles. The predicted octanol–water partition coefficient (Wildman–Crippen LogP) is 2.17. The van der Waals surface area contributed by atoms with E-state index in [0.29, 0.717) is 38.6 Å². The second-order valence-corrected chi connectivity index (χ2v) is 9.85. The number of sulfonamides is 1. The van der Waals surface area contributed by atoms with E-state index in [9.17, 15) is 17.6 Å². The summed E-state index contributed by atoms with van der Waals surface area (Å²) in [5, 5.41) is 0. The van der Waals surface area contributed by atoms with E-state index in [1.807, 2.05) is 16.8 Å². The lowest BCUT2D eigenvalue weighted by molar-refractivity contribution is -0.132. The molecule has 28 heavy (non-hydrogen) atoms. The van der Waals surface area contributed by atoms with Crippen LogP contribution in [0.2, 0.25) is 0 Å². The predicted molar refractivity (Wildman–Crippen MR) is 106 cm³/mol. The summed E-state index contributed by atoms with van der Waals surface area (Å²) in [5.41, 5.74) is 0. The lowest BCUT2D eigenvalue weighted by atomic mass is 9.89. The molecule has 0 spiro atoms. The third kappa shape index (κ3) is 5.30. The van der Waals surface area contributed by atoms with Gasteiger partial charge < -0.3 is 4.90 Å². The largest absolute Gasteiger partial charge is 0.344 e. The Balaban J connectivity index is 1.48. The molecule has 1 aliphatic heterocycles. The van der Waals surface area contributed by atoms with Crippen LogP contribution in [0.25, 0.3) is 0 Å². The van der Waals surface area contributed by atoms with E-state index in [1.165, 1.54) is 48.5 Å². The Labute approximate surface area is 167 Å². The van der Waals surface area contributed by atoms with E-state index in [-0.39, 0.29) is 10.8 Å². The maximum Gasteiger partial charge on any atom is 0.243 e. The second kappa shape index (κ2) is 9.33. The van der Waals surface area contributed by atoms with Crippen LogP contribution in [0.1, 0.15) is 32.1 Å². The Morgan fingerprint density at radius 2 is 1.68 bits per heavy atom. The molecule has 0 unspecified atom stereocenters. The second-order valence-electron chi connectivity index (χ2n) is 7.91. The number of benzene rings is 1. The summed E-state index contributed by atoms with van der Waals surface area (Å²) in [6.45, 7) is 2.84. The molecule has 2 aliphatic rings. The van der Waals surface area contributed by atoms with Gasteiger partial charge in [-0.3, -0.25) is 9.69 Å². The fourth-order valence-corrected chi connectivity index (χ4v) is 5.48. The van der Waals surface area contributed by atoms with Gasteiger partial charge in [-0.2, -0.15) is 4.31 Å². The zero-order valence-electron chi connectivity index (χ0n) is 16.5. The number of halogens is 1. The molecule has 1 amide bonds. The highest BCUT2D eigenvalue weighted by Gasteiger charge is 2.29. The van der Waals surface area contributed by atoms with E-state index in [0.717, 1.165) is 18.7 Å².